The lowest BCUT2D eigenvalue weighted by molar-refractivity contribution is -0.145. The van der Waals surface area contributed by atoms with E-state index in [9.17, 15) is 4.79 Å². The van der Waals surface area contributed by atoms with Gasteiger partial charge in [0.05, 0.1) is 20.3 Å². The Labute approximate surface area is 113 Å². The first-order valence-corrected chi connectivity index (χ1v) is 6.32. The molecule has 0 saturated heterocycles. The maximum atomic E-state index is 11.5. The van der Waals surface area contributed by atoms with Crippen LogP contribution in [-0.4, -0.2) is 39.4 Å². The maximum Gasteiger partial charge on any atom is 0.323 e. The second kappa shape index (κ2) is 8.37. The molecule has 0 aliphatic carbocycles. The number of hydrogen-bond acceptors (Lipinski definition) is 5. The van der Waals surface area contributed by atoms with Gasteiger partial charge in [0.25, 0.3) is 0 Å². The first-order valence-electron chi connectivity index (χ1n) is 6.32. The van der Waals surface area contributed by atoms with Crippen LogP contribution in [-0.2, 0) is 9.53 Å². The fraction of sp³-hybridized carbons (Fsp3) is 0.500. The summed E-state index contributed by atoms with van der Waals surface area (Å²) in [6, 6.07) is 6.99. The number of carbonyl (C=O) groups excluding carboxylic acids is 1. The quantitative estimate of drug-likeness (QED) is 0.725. The molecule has 19 heavy (non-hydrogen) atoms. The van der Waals surface area contributed by atoms with E-state index >= 15 is 0 Å². The fourth-order valence-corrected chi connectivity index (χ4v) is 1.59. The molecule has 0 amide bonds. The van der Waals surface area contributed by atoms with Crippen molar-refractivity contribution in [2.75, 3.05) is 27.4 Å². The van der Waals surface area contributed by atoms with Gasteiger partial charge in [-0.3, -0.25) is 4.79 Å². The molecule has 1 rings (SSSR count). The number of nitrogens with one attached hydrogen (secondary N) is 1. The Kier molecular flexibility index (Phi) is 6.74. The Morgan fingerprint density at radius 1 is 1.26 bits per heavy atom. The molecule has 1 aromatic carbocycles. The molecule has 106 valence electrons. The number of benzene rings is 1. The van der Waals surface area contributed by atoms with Gasteiger partial charge in [-0.15, -0.1) is 0 Å². The van der Waals surface area contributed by atoms with E-state index in [-0.39, 0.29) is 12.0 Å². The zero-order valence-corrected chi connectivity index (χ0v) is 11.6. The standard InChI is InChI=1S/C14H21NO4/c1-4-18-14(16)13(15-2)9-10-19-12-7-5-11(17-3)6-8-12/h5-8,13,15H,4,9-10H2,1-3H3. The lowest BCUT2D eigenvalue weighted by Crippen LogP contribution is -2.36. The lowest BCUT2D eigenvalue weighted by atomic mass is 10.2. The van der Waals surface area contributed by atoms with Gasteiger partial charge in [-0.25, -0.2) is 0 Å². The molecular formula is C14H21NO4. The van der Waals surface area contributed by atoms with Crippen molar-refractivity contribution in [1.29, 1.82) is 0 Å². The summed E-state index contributed by atoms with van der Waals surface area (Å²) in [4.78, 5) is 11.5. The number of carbonyl (C=O) groups is 1. The first kappa shape index (κ1) is 15.3. The van der Waals surface area contributed by atoms with E-state index in [0.29, 0.717) is 19.6 Å². The Morgan fingerprint density at radius 3 is 2.42 bits per heavy atom. The molecule has 0 radical (unpaired) electrons. The van der Waals surface area contributed by atoms with Crippen LogP contribution in [0.25, 0.3) is 0 Å². The van der Waals surface area contributed by atoms with Gasteiger partial charge in [0.15, 0.2) is 0 Å². The fourth-order valence-electron chi connectivity index (χ4n) is 1.59. The van der Waals surface area contributed by atoms with Crippen LogP contribution in [0.4, 0.5) is 0 Å². The van der Waals surface area contributed by atoms with Gasteiger partial charge in [-0.1, -0.05) is 0 Å². The van der Waals surface area contributed by atoms with Crippen LogP contribution in [0.1, 0.15) is 13.3 Å². The van der Waals surface area contributed by atoms with Crippen molar-refractivity contribution in [3.63, 3.8) is 0 Å². The van der Waals surface area contributed by atoms with Crippen molar-refractivity contribution < 1.29 is 19.0 Å². The summed E-state index contributed by atoms with van der Waals surface area (Å²) in [6.07, 6.45) is 0.557. The van der Waals surface area contributed by atoms with Gasteiger partial charge in [-0.05, 0) is 38.2 Å². The second-order valence-corrected chi connectivity index (χ2v) is 3.91. The number of methoxy groups -OCH3 is 1. The maximum absolute atomic E-state index is 11.5. The molecule has 0 heterocycles. The molecule has 0 bridgehead atoms. The smallest absolute Gasteiger partial charge is 0.323 e. The molecule has 1 N–H and O–H groups in total. The number of esters is 1. The van der Waals surface area contributed by atoms with Crippen LogP contribution in [0.5, 0.6) is 11.5 Å². The molecule has 0 aliphatic heterocycles. The molecule has 5 heteroatoms. The average Bonchev–Trinajstić information content (AvgIpc) is 2.44. The zero-order valence-electron chi connectivity index (χ0n) is 11.6. The van der Waals surface area contributed by atoms with E-state index in [2.05, 4.69) is 5.32 Å². The molecule has 1 aromatic rings. The molecule has 0 aliphatic rings. The third-order valence-electron chi connectivity index (χ3n) is 2.65. The Balaban J connectivity index is 2.36. The van der Waals surface area contributed by atoms with Gasteiger partial charge in [-0.2, -0.15) is 0 Å². The van der Waals surface area contributed by atoms with Gasteiger partial charge in [0.1, 0.15) is 17.5 Å². The predicted octanol–water partition coefficient (Wildman–Crippen LogP) is 1.62. The van der Waals surface area contributed by atoms with Crippen LogP contribution in [0.2, 0.25) is 0 Å². The summed E-state index contributed by atoms with van der Waals surface area (Å²) in [5, 5.41) is 2.92. The SMILES string of the molecule is CCOC(=O)C(CCOc1ccc(OC)cc1)NC. The van der Waals surface area contributed by atoms with E-state index in [1.165, 1.54) is 0 Å². The van der Waals surface area contributed by atoms with E-state index in [1.54, 1.807) is 21.1 Å². The summed E-state index contributed by atoms with van der Waals surface area (Å²) in [7, 11) is 3.35. The molecule has 0 fully saturated rings. The molecule has 1 atom stereocenters. The molecule has 1 unspecified atom stereocenters. The normalized spacial score (nSPS) is 11.7. The molecule has 0 saturated carbocycles. The van der Waals surface area contributed by atoms with E-state index in [0.717, 1.165) is 11.5 Å². The highest BCUT2D eigenvalue weighted by Gasteiger charge is 2.17. The monoisotopic (exact) mass is 267 g/mol. The lowest BCUT2D eigenvalue weighted by Gasteiger charge is -2.15. The minimum atomic E-state index is -0.335. The number of ether oxygens (including phenoxy) is 3. The number of hydrogen-bond donors (Lipinski definition) is 1. The Bertz CT molecular complexity index is 378. The first-order chi connectivity index (χ1) is 9.21. The molecule has 0 spiro atoms. The molecule has 0 aromatic heterocycles. The summed E-state index contributed by atoms with van der Waals surface area (Å²) in [5.41, 5.74) is 0. The van der Waals surface area contributed by atoms with Crippen molar-refractivity contribution in [3.8, 4) is 11.5 Å². The van der Waals surface area contributed by atoms with Gasteiger partial charge in [0.2, 0.25) is 0 Å². The van der Waals surface area contributed by atoms with Crippen molar-refractivity contribution in [1.82, 2.24) is 5.32 Å². The van der Waals surface area contributed by atoms with Crippen LogP contribution in [0.15, 0.2) is 24.3 Å². The minimum Gasteiger partial charge on any atom is -0.497 e. The largest absolute Gasteiger partial charge is 0.497 e. The summed E-state index contributed by atoms with van der Waals surface area (Å²) < 4.78 is 15.6. The summed E-state index contributed by atoms with van der Waals surface area (Å²) in [5.74, 6) is 1.29. The van der Waals surface area contributed by atoms with E-state index in [1.807, 2.05) is 24.3 Å². The minimum absolute atomic E-state index is 0.247. The van der Waals surface area contributed by atoms with Gasteiger partial charge < -0.3 is 19.5 Å². The molecule has 5 nitrogen and oxygen atoms in total. The Hall–Kier alpha value is -1.75. The second-order valence-electron chi connectivity index (χ2n) is 3.91. The van der Waals surface area contributed by atoms with Crippen molar-refractivity contribution >= 4 is 5.97 Å². The Morgan fingerprint density at radius 2 is 1.89 bits per heavy atom. The highest BCUT2D eigenvalue weighted by Crippen LogP contribution is 2.17. The average molecular weight is 267 g/mol. The van der Waals surface area contributed by atoms with Crippen LogP contribution in [0.3, 0.4) is 0 Å². The van der Waals surface area contributed by atoms with Crippen LogP contribution in [0, 0.1) is 0 Å². The summed E-state index contributed by atoms with van der Waals surface area (Å²) >= 11 is 0. The van der Waals surface area contributed by atoms with Crippen LogP contribution >= 0.6 is 0 Å². The summed E-state index contributed by atoms with van der Waals surface area (Å²) in [6.45, 7) is 2.62. The zero-order chi connectivity index (χ0) is 14.1. The van der Waals surface area contributed by atoms with E-state index < -0.39 is 0 Å². The van der Waals surface area contributed by atoms with Crippen molar-refractivity contribution in [2.45, 2.75) is 19.4 Å². The molecular weight excluding hydrogens is 246 g/mol. The number of rotatable bonds is 8. The topological polar surface area (TPSA) is 56.8 Å². The van der Waals surface area contributed by atoms with Crippen LogP contribution < -0.4 is 14.8 Å². The van der Waals surface area contributed by atoms with Gasteiger partial charge in [0, 0.05) is 6.42 Å². The van der Waals surface area contributed by atoms with Crippen molar-refractivity contribution in [3.05, 3.63) is 24.3 Å². The van der Waals surface area contributed by atoms with E-state index in [4.69, 9.17) is 14.2 Å². The highest BCUT2D eigenvalue weighted by molar-refractivity contribution is 5.75. The predicted molar refractivity (Wildman–Crippen MR) is 72.6 cm³/mol. The highest BCUT2D eigenvalue weighted by atomic mass is 16.5. The third-order valence-corrected chi connectivity index (χ3v) is 2.65. The third kappa shape index (κ3) is 5.18. The van der Waals surface area contributed by atoms with Crippen molar-refractivity contribution in [2.24, 2.45) is 0 Å². The van der Waals surface area contributed by atoms with Gasteiger partial charge >= 0.3 is 5.97 Å². The number of likely N-dealkylation sites (N-methyl/N-ethyl adjacent to an activating group) is 1.